The molecule has 0 radical (unpaired) electrons. The first kappa shape index (κ1) is 24.6. The number of carbonyl (C=O) groups is 1. The number of benzene rings is 1. The standard InChI is InChI=1S/C17H28N4O3S.HI/c1-5-9-19-16(22)12-21-17(18-6-2)20-11-14-7-8-15(13(3)10-14)25(4,23)24;/h7-8,10H,5-6,9,11-12H2,1-4H3,(H,19,22)(H2,18,20,21);1H. The van der Waals surface area contributed by atoms with Crippen molar-refractivity contribution in [1.82, 2.24) is 16.0 Å². The zero-order chi connectivity index (χ0) is 18.9. The molecule has 3 N–H and O–H groups in total. The Morgan fingerprint density at radius 2 is 1.85 bits per heavy atom. The minimum absolute atomic E-state index is 0. The Hall–Kier alpha value is -1.36. The van der Waals surface area contributed by atoms with E-state index in [9.17, 15) is 13.2 Å². The molecule has 0 aromatic heterocycles. The van der Waals surface area contributed by atoms with Gasteiger partial charge in [0.05, 0.1) is 18.0 Å². The fourth-order valence-electron chi connectivity index (χ4n) is 2.23. The van der Waals surface area contributed by atoms with Crippen LogP contribution in [0.1, 0.15) is 31.4 Å². The number of hydrogen-bond acceptors (Lipinski definition) is 4. The molecule has 0 aliphatic heterocycles. The third-order valence-corrected chi connectivity index (χ3v) is 4.65. The number of halogens is 1. The molecule has 1 aromatic carbocycles. The fraction of sp³-hybridized carbons (Fsp3) is 0.529. The Balaban J connectivity index is 0.00000625. The van der Waals surface area contributed by atoms with Gasteiger partial charge in [-0.05, 0) is 37.5 Å². The van der Waals surface area contributed by atoms with Crippen LogP contribution in [-0.4, -0.2) is 46.2 Å². The van der Waals surface area contributed by atoms with Gasteiger partial charge in [0.1, 0.15) is 0 Å². The molecule has 26 heavy (non-hydrogen) atoms. The van der Waals surface area contributed by atoms with E-state index in [1.807, 2.05) is 19.9 Å². The van der Waals surface area contributed by atoms with E-state index in [4.69, 9.17) is 0 Å². The number of guanidine groups is 1. The molecule has 0 fully saturated rings. The van der Waals surface area contributed by atoms with Crippen LogP contribution in [0.2, 0.25) is 0 Å². The highest BCUT2D eigenvalue weighted by Gasteiger charge is 2.10. The molecule has 0 unspecified atom stereocenters. The second-order valence-electron chi connectivity index (χ2n) is 5.77. The van der Waals surface area contributed by atoms with E-state index in [2.05, 4.69) is 20.9 Å². The Kier molecular flexibility index (Phi) is 11.5. The van der Waals surface area contributed by atoms with Gasteiger partial charge in [-0.2, -0.15) is 0 Å². The molecule has 0 atom stereocenters. The first-order chi connectivity index (χ1) is 11.8. The van der Waals surface area contributed by atoms with E-state index >= 15 is 0 Å². The molecule has 0 saturated heterocycles. The zero-order valence-electron chi connectivity index (χ0n) is 15.8. The van der Waals surface area contributed by atoms with Crippen molar-refractivity contribution < 1.29 is 13.2 Å². The molecular weight excluding hydrogens is 467 g/mol. The number of aryl methyl sites for hydroxylation is 1. The van der Waals surface area contributed by atoms with E-state index in [1.165, 1.54) is 6.26 Å². The number of nitrogens with zero attached hydrogens (tertiary/aromatic N) is 1. The highest BCUT2D eigenvalue weighted by molar-refractivity contribution is 14.0. The van der Waals surface area contributed by atoms with Crippen molar-refractivity contribution >= 4 is 45.7 Å². The van der Waals surface area contributed by atoms with E-state index in [0.29, 0.717) is 36.1 Å². The maximum atomic E-state index is 11.7. The molecule has 148 valence electrons. The van der Waals surface area contributed by atoms with E-state index in [-0.39, 0.29) is 36.4 Å². The summed E-state index contributed by atoms with van der Waals surface area (Å²) in [5, 5.41) is 8.85. The summed E-state index contributed by atoms with van der Waals surface area (Å²) < 4.78 is 23.3. The smallest absolute Gasteiger partial charge is 0.239 e. The van der Waals surface area contributed by atoms with Gasteiger partial charge in [0, 0.05) is 19.3 Å². The van der Waals surface area contributed by atoms with Crippen LogP contribution in [0.4, 0.5) is 0 Å². The quantitative estimate of drug-likeness (QED) is 0.289. The van der Waals surface area contributed by atoms with Crippen LogP contribution in [0.15, 0.2) is 28.1 Å². The van der Waals surface area contributed by atoms with E-state index < -0.39 is 9.84 Å². The molecule has 0 spiro atoms. The lowest BCUT2D eigenvalue weighted by molar-refractivity contribution is -0.120. The highest BCUT2D eigenvalue weighted by Crippen LogP contribution is 2.17. The molecule has 1 rings (SSSR count). The summed E-state index contributed by atoms with van der Waals surface area (Å²) in [6.07, 6.45) is 2.09. The van der Waals surface area contributed by atoms with Crippen molar-refractivity contribution in [3.05, 3.63) is 29.3 Å². The fourth-order valence-corrected chi connectivity index (χ4v) is 3.19. The van der Waals surface area contributed by atoms with Gasteiger partial charge >= 0.3 is 0 Å². The van der Waals surface area contributed by atoms with Gasteiger partial charge in [-0.3, -0.25) is 4.79 Å². The maximum absolute atomic E-state index is 11.7. The molecule has 0 saturated carbocycles. The second-order valence-corrected chi connectivity index (χ2v) is 7.75. The van der Waals surface area contributed by atoms with Crippen molar-refractivity contribution in [2.75, 3.05) is 25.9 Å². The minimum atomic E-state index is -3.22. The molecule has 0 bridgehead atoms. The normalized spacial score (nSPS) is 11.5. The summed E-state index contributed by atoms with van der Waals surface area (Å²) in [6, 6.07) is 5.18. The van der Waals surface area contributed by atoms with Crippen LogP contribution in [0.25, 0.3) is 0 Å². The summed E-state index contributed by atoms with van der Waals surface area (Å²) in [5.74, 6) is 0.458. The topological polar surface area (TPSA) is 99.7 Å². The summed E-state index contributed by atoms with van der Waals surface area (Å²) in [7, 11) is -3.22. The second kappa shape index (κ2) is 12.1. The van der Waals surface area contributed by atoms with Crippen LogP contribution in [0, 0.1) is 6.92 Å². The molecule has 9 heteroatoms. The molecule has 1 aromatic rings. The first-order valence-electron chi connectivity index (χ1n) is 8.36. The molecule has 0 heterocycles. The summed E-state index contributed by atoms with van der Waals surface area (Å²) in [4.78, 5) is 16.4. The van der Waals surface area contributed by atoms with Gasteiger partial charge in [0.25, 0.3) is 0 Å². The summed E-state index contributed by atoms with van der Waals surface area (Å²) in [6.45, 7) is 7.57. The largest absolute Gasteiger partial charge is 0.357 e. The third-order valence-electron chi connectivity index (χ3n) is 3.39. The number of sulfone groups is 1. The zero-order valence-corrected chi connectivity index (χ0v) is 18.9. The highest BCUT2D eigenvalue weighted by atomic mass is 127. The van der Waals surface area contributed by atoms with Gasteiger partial charge in [-0.15, -0.1) is 24.0 Å². The first-order valence-corrected chi connectivity index (χ1v) is 10.3. The lowest BCUT2D eigenvalue weighted by atomic mass is 10.1. The molecule has 0 aliphatic carbocycles. The monoisotopic (exact) mass is 496 g/mol. The van der Waals surface area contributed by atoms with Crippen LogP contribution >= 0.6 is 24.0 Å². The number of carbonyl (C=O) groups excluding carboxylic acids is 1. The molecular formula is C17H29IN4O3S. The Labute approximate surface area is 173 Å². The molecule has 7 nitrogen and oxygen atoms in total. The van der Waals surface area contributed by atoms with Gasteiger partial charge in [0.15, 0.2) is 15.8 Å². The number of hydrogen-bond donors (Lipinski definition) is 3. The minimum Gasteiger partial charge on any atom is -0.357 e. The van der Waals surface area contributed by atoms with Gasteiger partial charge in [-0.25, -0.2) is 13.4 Å². The van der Waals surface area contributed by atoms with E-state index in [1.54, 1.807) is 19.1 Å². The van der Waals surface area contributed by atoms with Crippen LogP contribution in [0.3, 0.4) is 0 Å². The van der Waals surface area contributed by atoms with Crippen molar-refractivity contribution in [3.63, 3.8) is 0 Å². The van der Waals surface area contributed by atoms with Crippen molar-refractivity contribution in [2.45, 2.75) is 38.6 Å². The average Bonchev–Trinajstić information content (AvgIpc) is 2.54. The Morgan fingerprint density at radius 3 is 2.38 bits per heavy atom. The van der Waals surface area contributed by atoms with Gasteiger partial charge in [-0.1, -0.05) is 19.1 Å². The lowest BCUT2D eigenvalue weighted by Crippen LogP contribution is -2.43. The van der Waals surface area contributed by atoms with Crippen molar-refractivity contribution in [2.24, 2.45) is 4.99 Å². The van der Waals surface area contributed by atoms with Crippen molar-refractivity contribution in [3.8, 4) is 0 Å². The third kappa shape index (κ3) is 8.84. The van der Waals surface area contributed by atoms with Gasteiger partial charge in [0.2, 0.25) is 5.91 Å². The van der Waals surface area contributed by atoms with Crippen molar-refractivity contribution in [1.29, 1.82) is 0 Å². The summed E-state index contributed by atoms with van der Waals surface area (Å²) >= 11 is 0. The molecule has 0 aliphatic rings. The Morgan fingerprint density at radius 1 is 1.15 bits per heavy atom. The summed E-state index contributed by atoms with van der Waals surface area (Å²) in [5.41, 5.74) is 1.60. The van der Waals surface area contributed by atoms with Crippen LogP contribution in [0.5, 0.6) is 0 Å². The number of aliphatic imine (C=N–C) groups is 1. The maximum Gasteiger partial charge on any atom is 0.239 e. The lowest BCUT2D eigenvalue weighted by Gasteiger charge is -2.12. The predicted molar refractivity (Wildman–Crippen MR) is 116 cm³/mol. The predicted octanol–water partition coefficient (Wildman–Crippen LogP) is 1.60. The van der Waals surface area contributed by atoms with E-state index in [0.717, 1.165) is 12.0 Å². The Bertz CT molecular complexity index is 721. The number of rotatable bonds is 8. The van der Waals surface area contributed by atoms with Crippen LogP contribution in [-0.2, 0) is 21.2 Å². The average molecular weight is 496 g/mol. The number of nitrogens with one attached hydrogen (secondary N) is 3. The van der Waals surface area contributed by atoms with Crippen LogP contribution < -0.4 is 16.0 Å². The van der Waals surface area contributed by atoms with Gasteiger partial charge < -0.3 is 16.0 Å². The number of amides is 1. The SMILES string of the molecule is CCCNC(=O)CNC(=NCc1ccc(S(C)(=O)=O)c(C)c1)NCC.I. The molecule has 1 amide bonds.